The normalized spacial score (nSPS) is 11.2. The van der Waals surface area contributed by atoms with E-state index in [0.717, 1.165) is 0 Å². The van der Waals surface area contributed by atoms with Gasteiger partial charge in [-0.05, 0) is 17.5 Å². The Morgan fingerprint density at radius 3 is 2.57 bits per heavy atom. The lowest BCUT2D eigenvalue weighted by molar-refractivity contribution is 0.104. The number of rotatable bonds is 3. The van der Waals surface area contributed by atoms with E-state index >= 15 is 0 Å². The zero-order valence-corrected chi connectivity index (χ0v) is 12.6. The van der Waals surface area contributed by atoms with Crippen LogP contribution in [0, 0.1) is 0 Å². The number of hydrogen-bond donors (Lipinski definition) is 1. The first-order valence-electron chi connectivity index (χ1n) is 6.84. The number of H-pyrrole nitrogens is 1. The van der Waals surface area contributed by atoms with Crippen LogP contribution in [0.3, 0.4) is 0 Å². The third-order valence-electron chi connectivity index (χ3n) is 3.61. The van der Waals surface area contributed by atoms with Gasteiger partial charge < -0.3 is 4.98 Å². The number of aromatic amines is 1. The zero-order valence-electron chi connectivity index (χ0n) is 11.9. The van der Waals surface area contributed by atoms with E-state index in [4.69, 9.17) is 11.6 Å². The van der Waals surface area contributed by atoms with E-state index in [9.17, 15) is 4.79 Å². The van der Waals surface area contributed by atoms with Gasteiger partial charge in [0.05, 0.1) is 10.6 Å². The molecule has 0 saturated carbocycles. The quantitative estimate of drug-likeness (QED) is 0.720. The fourth-order valence-corrected chi connectivity index (χ4v) is 2.62. The minimum absolute atomic E-state index is 0.0496. The average Bonchev–Trinajstić information content (AvgIpc) is 2.92. The molecule has 0 radical (unpaired) electrons. The highest BCUT2D eigenvalue weighted by Crippen LogP contribution is 2.27. The summed E-state index contributed by atoms with van der Waals surface area (Å²) in [4.78, 5) is 19.8. The third-order valence-corrected chi connectivity index (χ3v) is 3.92. The molecule has 0 atom stereocenters. The molecule has 4 heteroatoms. The van der Waals surface area contributed by atoms with Crippen LogP contribution in [0.25, 0.3) is 11.0 Å². The third kappa shape index (κ3) is 2.45. The Balaban J connectivity index is 2.04. The van der Waals surface area contributed by atoms with Gasteiger partial charge in [-0.15, -0.1) is 0 Å². The van der Waals surface area contributed by atoms with Crippen molar-refractivity contribution in [1.82, 2.24) is 9.97 Å². The summed E-state index contributed by atoms with van der Waals surface area (Å²) in [5.74, 6) is 0.396. The number of carbonyl (C=O) groups is 1. The van der Waals surface area contributed by atoms with E-state index in [0.29, 0.717) is 33.1 Å². The monoisotopic (exact) mass is 298 g/mol. The van der Waals surface area contributed by atoms with Crippen LogP contribution in [-0.2, 0) is 0 Å². The fourth-order valence-electron chi connectivity index (χ4n) is 2.37. The van der Waals surface area contributed by atoms with Gasteiger partial charge >= 0.3 is 0 Å². The SMILES string of the molecule is CC(C)c1ccc(C(=O)c2c[nH]c3nccc(Cl)c23)cc1. The number of halogens is 1. The summed E-state index contributed by atoms with van der Waals surface area (Å²) >= 11 is 6.19. The van der Waals surface area contributed by atoms with Crippen LogP contribution in [0.1, 0.15) is 41.3 Å². The van der Waals surface area contributed by atoms with E-state index in [1.807, 2.05) is 24.3 Å². The number of benzene rings is 1. The first kappa shape index (κ1) is 13.8. The van der Waals surface area contributed by atoms with Crippen LogP contribution in [0.15, 0.2) is 42.7 Å². The van der Waals surface area contributed by atoms with Crippen LogP contribution >= 0.6 is 11.6 Å². The molecule has 2 aromatic heterocycles. The number of ketones is 1. The Morgan fingerprint density at radius 1 is 1.19 bits per heavy atom. The number of pyridine rings is 1. The maximum Gasteiger partial charge on any atom is 0.195 e. The molecule has 3 nitrogen and oxygen atoms in total. The lowest BCUT2D eigenvalue weighted by Gasteiger charge is -2.06. The molecule has 0 amide bonds. The van der Waals surface area contributed by atoms with Gasteiger partial charge in [0.1, 0.15) is 5.65 Å². The molecule has 0 aliphatic rings. The van der Waals surface area contributed by atoms with Gasteiger partial charge in [-0.25, -0.2) is 4.98 Å². The van der Waals surface area contributed by atoms with Crippen molar-refractivity contribution in [3.8, 4) is 0 Å². The predicted octanol–water partition coefficient (Wildman–Crippen LogP) is 4.57. The van der Waals surface area contributed by atoms with Gasteiger partial charge in [0, 0.05) is 23.3 Å². The molecule has 0 aliphatic heterocycles. The Hall–Kier alpha value is -2.13. The molecule has 0 unspecified atom stereocenters. The summed E-state index contributed by atoms with van der Waals surface area (Å²) < 4.78 is 0. The van der Waals surface area contributed by atoms with Crippen LogP contribution in [-0.4, -0.2) is 15.8 Å². The van der Waals surface area contributed by atoms with Gasteiger partial charge in [-0.2, -0.15) is 0 Å². The summed E-state index contributed by atoms with van der Waals surface area (Å²) in [5, 5.41) is 1.21. The molecule has 1 N–H and O–H groups in total. The van der Waals surface area contributed by atoms with E-state index < -0.39 is 0 Å². The maximum atomic E-state index is 12.6. The smallest absolute Gasteiger partial charge is 0.195 e. The Kier molecular flexibility index (Phi) is 3.52. The molecular weight excluding hydrogens is 284 g/mol. The summed E-state index contributed by atoms with van der Waals surface area (Å²) in [6, 6.07) is 9.40. The predicted molar refractivity (Wildman–Crippen MR) is 85.1 cm³/mol. The van der Waals surface area contributed by atoms with Crippen molar-refractivity contribution in [1.29, 1.82) is 0 Å². The molecule has 21 heavy (non-hydrogen) atoms. The fraction of sp³-hybridized carbons (Fsp3) is 0.176. The largest absolute Gasteiger partial charge is 0.345 e. The van der Waals surface area contributed by atoms with Crippen molar-refractivity contribution in [2.24, 2.45) is 0 Å². The molecule has 3 rings (SSSR count). The number of nitrogens with zero attached hydrogens (tertiary/aromatic N) is 1. The van der Waals surface area contributed by atoms with Crippen molar-refractivity contribution >= 4 is 28.4 Å². The summed E-state index contributed by atoms with van der Waals surface area (Å²) in [6.07, 6.45) is 3.29. The van der Waals surface area contributed by atoms with E-state index in [1.165, 1.54) is 5.56 Å². The Bertz CT molecular complexity index is 803. The minimum Gasteiger partial charge on any atom is -0.345 e. The maximum absolute atomic E-state index is 12.6. The molecule has 0 bridgehead atoms. The van der Waals surface area contributed by atoms with Crippen molar-refractivity contribution < 1.29 is 4.79 Å². The van der Waals surface area contributed by atoms with Crippen molar-refractivity contribution in [2.45, 2.75) is 19.8 Å². The molecule has 2 heterocycles. The second-order valence-electron chi connectivity index (χ2n) is 5.32. The topological polar surface area (TPSA) is 45.8 Å². The standard InChI is InChI=1S/C17H15ClN2O/c1-10(2)11-3-5-12(6-4-11)16(21)13-9-20-17-15(13)14(18)7-8-19-17/h3-10H,1-2H3,(H,19,20). The summed E-state index contributed by atoms with van der Waals surface area (Å²) in [7, 11) is 0. The molecule has 106 valence electrons. The van der Waals surface area contributed by atoms with E-state index in [1.54, 1.807) is 18.5 Å². The highest BCUT2D eigenvalue weighted by molar-refractivity contribution is 6.37. The second-order valence-corrected chi connectivity index (χ2v) is 5.73. The summed E-state index contributed by atoms with van der Waals surface area (Å²) in [5.41, 5.74) is 3.05. The van der Waals surface area contributed by atoms with Crippen molar-refractivity contribution in [2.75, 3.05) is 0 Å². The zero-order chi connectivity index (χ0) is 15.0. The van der Waals surface area contributed by atoms with Gasteiger partial charge in [0.15, 0.2) is 5.78 Å². The van der Waals surface area contributed by atoms with Crippen LogP contribution < -0.4 is 0 Å². The van der Waals surface area contributed by atoms with E-state index in [-0.39, 0.29) is 5.78 Å². The van der Waals surface area contributed by atoms with Gasteiger partial charge in [-0.1, -0.05) is 49.7 Å². The summed E-state index contributed by atoms with van der Waals surface area (Å²) in [6.45, 7) is 4.25. The molecule has 0 fully saturated rings. The molecular formula is C17H15ClN2O. The Labute approximate surface area is 128 Å². The van der Waals surface area contributed by atoms with Gasteiger partial charge in [0.2, 0.25) is 0 Å². The molecule has 0 spiro atoms. The van der Waals surface area contributed by atoms with Crippen molar-refractivity contribution in [3.05, 3.63) is 64.4 Å². The minimum atomic E-state index is -0.0496. The van der Waals surface area contributed by atoms with E-state index in [2.05, 4.69) is 23.8 Å². The lowest BCUT2D eigenvalue weighted by atomic mass is 9.98. The lowest BCUT2D eigenvalue weighted by Crippen LogP contribution is -2.01. The highest BCUT2D eigenvalue weighted by Gasteiger charge is 2.17. The number of hydrogen-bond acceptors (Lipinski definition) is 2. The van der Waals surface area contributed by atoms with Crippen molar-refractivity contribution in [3.63, 3.8) is 0 Å². The molecule has 3 aromatic rings. The van der Waals surface area contributed by atoms with Crippen LogP contribution in [0.4, 0.5) is 0 Å². The second kappa shape index (κ2) is 5.34. The number of carbonyl (C=O) groups excluding carboxylic acids is 1. The van der Waals surface area contributed by atoms with Gasteiger partial charge in [-0.3, -0.25) is 4.79 Å². The first-order valence-corrected chi connectivity index (χ1v) is 7.22. The molecule has 0 saturated heterocycles. The molecule has 0 aliphatic carbocycles. The number of nitrogens with one attached hydrogen (secondary N) is 1. The van der Waals surface area contributed by atoms with Crippen LogP contribution in [0.5, 0.6) is 0 Å². The number of fused-ring (bicyclic) bond motifs is 1. The Morgan fingerprint density at radius 2 is 1.90 bits per heavy atom. The number of aromatic nitrogens is 2. The first-order chi connectivity index (χ1) is 10.1. The van der Waals surface area contributed by atoms with Crippen LogP contribution in [0.2, 0.25) is 5.02 Å². The highest BCUT2D eigenvalue weighted by atomic mass is 35.5. The molecule has 1 aromatic carbocycles. The average molecular weight is 299 g/mol. The van der Waals surface area contributed by atoms with Gasteiger partial charge in [0.25, 0.3) is 0 Å².